The van der Waals surface area contributed by atoms with Crippen LogP contribution < -0.4 is 5.32 Å². The number of rotatable bonds is 9. The Hall–Kier alpha value is -1.91. The Morgan fingerprint density at radius 1 is 1.27 bits per heavy atom. The van der Waals surface area contributed by atoms with Crippen molar-refractivity contribution in [3.8, 4) is 0 Å². The predicted molar refractivity (Wildman–Crippen MR) is 102 cm³/mol. The molecular formula is C16H23N7OS2. The van der Waals surface area contributed by atoms with Gasteiger partial charge in [-0.15, -0.1) is 21.5 Å². The van der Waals surface area contributed by atoms with Crippen LogP contribution in [0.15, 0.2) is 5.38 Å². The number of thiazole rings is 1. The molecule has 0 aromatic carbocycles. The first kappa shape index (κ1) is 18.9. The highest BCUT2D eigenvalue weighted by atomic mass is 32.1. The minimum absolute atomic E-state index is 0.00757. The van der Waals surface area contributed by atoms with Gasteiger partial charge in [0.15, 0.2) is 5.82 Å². The van der Waals surface area contributed by atoms with Gasteiger partial charge in [0.1, 0.15) is 10.0 Å². The second kappa shape index (κ2) is 8.65. The van der Waals surface area contributed by atoms with E-state index in [1.807, 2.05) is 6.92 Å². The quantitative estimate of drug-likeness (QED) is 0.598. The van der Waals surface area contributed by atoms with Crippen molar-refractivity contribution < 1.29 is 4.79 Å². The van der Waals surface area contributed by atoms with Crippen molar-refractivity contribution in [2.24, 2.45) is 0 Å². The number of fused-ring (bicyclic) bond motifs is 1. The van der Waals surface area contributed by atoms with Crippen molar-refractivity contribution in [3.63, 3.8) is 0 Å². The number of nitrogens with one attached hydrogen (secondary N) is 1. The van der Waals surface area contributed by atoms with Crippen LogP contribution in [-0.4, -0.2) is 48.7 Å². The van der Waals surface area contributed by atoms with Gasteiger partial charge in [-0.25, -0.2) is 4.98 Å². The zero-order valence-corrected chi connectivity index (χ0v) is 16.9. The average Bonchev–Trinajstić information content (AvgIpc) is 3.34. The minimum Gasteiger partial charge on any atom is -0.350 e. The molecule has 0 aliphatic carbocycles. The Bertz CT molecular complexity index is 865. The topological polar surface area (TPSA) is 88.3 Å². The van der Waals surface area contributed by atoms with E-state index in [4.69, 9.17) is 0 Å². The Morgan fingerprint density at radius 3 is 2.81 bits per heavy atom. The van der Waals surface area contributed by atoms with Gasteiger partial charge in [0, 0.05) is 24.8 Å². The average molecular weight is 394 g/mol. The molecule has 26 heavy (non-hydrogen) atoms. The molecule has 3 aromatic heterocycles. The van der Waals surface area contributed by atoms with E-state index in [9.17, 15) is 4.79 Å². The first-order chi connectivity index (χ1) is 12.6. The maximum Gasteiger partial charge on any atom is 0.234 e. The van der Waals surface area contributed by atoms with E-state index in [0.717, 1.165) is 46.1 Å². The fraction of sp³-hybridized carbons (Fsp3) is 0.562. The van der Waals surface area contributed by atoms with E-state index in [1.165, 1.54) is 11.3 Å². The highest BCUT2D eigenvalue weighted by molar-refractivity contribution is 7.16. The van der Waals surface area contributed by atoms with Crippen molar-refractivity contribution >= 4 is 33.5 Å². The van der Waals surface area contributed by atoms with Crippen LogP contribution in [0.25, 0.3) is 4.96 Å². The lowest BCUT2D eigenvalue weighted by molar-refractivity contribution is -0.121. The summed E-state index contributed by atoms with van der Waals surface area (Å²) in [6.07, 6.45) is 1.01. The zero-order chi connectivity index (χ0) is 18.5. The summed E-state index contributed by atoms with van der Waals surface area (Å²) < 4.78 is 1.71. The summed E-state index contributed by atoms with van der Waals surface area (Å²) in [5.41, 5.74) is 1.07. The Labute approximate surface area is 160 Å². The van der Waals surface area contributed by atoms with Crippen LogP contribution in [0.4, 0.5) is 0 Å². The Morgan fingerprint density at radius 2 is 2.08 bits per heavy atom. The van der Waals surface area contributed by atoms with Crippen molar-refractivity contribution in [2.75, 3.05) is 13.1 Å². The van der Waals surface area contributed by atoms with Crippen molar-refractivity contribution in [3.05, 3.63) is 26.9 Å². The SMILES string of the molecule is CCN(CC)Cc1csc(CNC(=O)CCc2nn3c(C)nnc3s2)n1. The third kappa shape index (κ3) is 4.63. The molecule has 0 saturated heterocycles. The van der Waals surface area contributed by atoms with Gasteiger partial charge in [0.2, 0.25) is 10.9 Å². The molecule has 1 N–H and O–H groups in total. The molecule has 0 atom stereocenters. The lowest BCUT2D eigenvalue weighted by atomic mass is 10.3. The Kier molecular flexibility index (Phi) is 6.28. The van der Waals surface area contributed by atoms with Gasteiger partial charge < -0.3 is 5.32 Å². The summed E-state index contributed by atoms with van der Waals surface area (Å²) in [4.78, 5) is 19.8. The third-order valence-corrected chi connectivity index (χ3v) is 5.93. The number of amides is 1. The molecular weight excluding hydrogens is 370 g/mol. The molecule has 0 spiro atoms. The standard InChI is InChI=1S/C16H23N7OS2/c1-4-22(5-2)9-12-10-25-15(18-12)8-17-13(24)6-7-14-21-23-11(3)19-20-16(23)26-14/h10H,4-9H2,1-3H3,(H,17,24). The molecule has 140 valence electrons. The number of aromatic nitrogens is 5. The lowest BCUT2D eigenvalue weighted by Gasteiger charge is -2.15. The molecule has 0 fully saturated rings. The summed E-state index contributed by atoms with van der Waals surface area (Å²) in [5.74, 6) is 0.768. The molecule has 10 heteroatoms. The summed E-state index contributed by atoms with van der Waals surface area (Å²) in [6.45, 7) is 9.51. The van der Waals surface area contributed by atoms with Gasteiger partial charge in [-0.3, -0.25) is 9.69 Å². The molecule has 0 radical (unpaired) electrons. The first-order valence-corrected chi connectivity index (χ1v) is 10.4. The predicted octanol–water partition coefficient (Wildman–Crippen LogP) is 2.04. The van der Waals surface area contributed by atoms with Crippen LogP contribution in [0.5, 0.6) is 0 Å². The number of aryl methyl sites for hydroxylation is 2. The number of hydrogen-bond acceptors (Lipinski definition) is 8. The highest BCUT2D eigenvalue weighted by Crippen LogP contribution is 2.15. The van der Waals surface area contributed by atoms with Crippen LogP contribution in [0.3, 0.4) is 0 Å². The van der Waals surface area contributed by atoms with Gasteiger partial charge in [-0.1, -0.05) is 25.2 Å². The lowest BCUT2D eigenvalue weighted by Crippen LogP contribution is -2.23. The molecule has 0 aliphatic heterocycles. The van der Waals surface area contributed by atoms with E-state index in [0.29, 0.717) is 19.4 Å². The summed E-state index contributed by atoms with van der Waals surface area (Å²) in [5, 5.41) is 19.3. The first-order valence-electron chi connectivity index (χ1n) is 8.69. The maximum absolute atomic E-state index is 12.1. The van der Waals surface area contributed by atoms with Crippen LogP contribution in [-0.2, 0) is 24.3 Å². The molecule has 1 amide bonds. The number of carbonyl (C=O) groups is 1. The van der Waals surface area contributed by atoms with E-state index < -0.39 is 0 Å². The number of hydrogen-bond donors (Lipinski definition) is 1. The normalized spacial score (nSPS) is 11.5. The van der Waals surface area contributed by atoms with E-state index >= 15 is 0 Å². The second-order valence-electron chi connectivity index (χ2n) is 5.91. The highest BCUT2D eigenvalue weighted by Gasteiger charge is 2.11. The molecule has 0 aliphatic rings. The molecule has 8 nitrogen and oxygen atoms in total. The Balaban J connectivity index is 1.44. The number of carbonyl (C=O) groups excluding carboxylic acids is 1. The molecule has 0 saturated carbocycles. The maximum atomic E-state index is 12.1. The van der Waals surface area contributed by atoms with Crippen molar-refractivity contribution in [1.29, 1.82) is 0 Å². The van der Waals surface area contributed by atoms with Crippen LogP contribution in [0, 0.1) is 6.92 Å². The molecule has 3 rings (SSSR count). The summed E-state index contributed by atoms with van der Waals surface area (Å²) in [7, 11) is 0. The van der Waals surface area contributed by atoms with Crippen LogP contribution in [0.1, 0.15) is 41.8 Å². The van der Waals surface area contributed by atoms with Crippen molar-refractivity contribution in [2.45, 2.75) is 46.7 Å². The molecule has 0 unspecified atom stereocenters. The van der Waals surface area contributed by atoms with Crippen molar-refractivity contribution in [1.82, 2.24) is 35.0 Å². The summed E-state index contributed by atoms with van der Waals surface area (Å²) >= 11 is 3.06. The van der Waals surface area contributed by atoms with E-state index in [2.05, 4.69) is 49.7 Å². The van der Waals surface area contributed by atoms with Crippen LogP contribution in [0.2, 0.25) is 0 Å². The smallest absolute Gasteiger partial charge is 0.234 e. The number of nitrogens with zero attached hydrogens (tertiary/aromatic N) is 6. The van der Waals surface area contributed by atoms with E-state index in [-0.39, 0.29) is 5.91 Å². The van der Waals surface area contributed by atoms with Gasteiger partial charge in [-0.2, -0.15) is 9.61 Å². The molecule has 3 aromatic rings. The summed E-state index contributed by atoms with van der Waals surface area (Å²) in [6, 6.07) is 0. The third-order valence-electron chi connectivity index (χ3n) is 4.07. The zero-order valence-electron chi connectivity index (χ0n) is 15.2. The van der Waals surface area contributed by atoms with E-state index in [1.54, 1.807) is 15.9 Å². The molecule has 0 bridgehead atoms. The van der Waals surface area contributed by atoms with Gasteiger partial charge in [0.25, 0.3) is 0 Å². The molecule has 3 heterocycles. The fourth-order valence-corrected chi connectivity index (χ4v) is 4.12. The second-order valence-corrected chi connectivity index (χ2v) is 7.89. The minimum atomic E-state index is 0.00757. The monoisotopic (exact) mass is 393 g/mol. The van der Waals surface area contributed by atoms with Gasteiger partial charge in [0.05, 0.1) is 12.2 Å². The van der Waals surface area contributed by atoms with Gasteiger partial charge in [-0.05, 0) is 20.0 Å². The van der Waals surface area contributed by atoms with Crippen LogP contribution >= 0.6 is 22.7 Å². The fourth-order valence-electron chi connectivity index (χ4n) is 2.52. The van der Waals surface area contributed by atoms with Gasteiger partial charge >= 0.3 is 0 Å². The largest absolute Gasteiger partial charge is 0.350 e.